The van der Waals surface area contributed by atoms with E-state index in [4.69, 9.17) is 26.8 Å². The van der Waals surface area contributed by atoms with Gasteiger partial charge in [0.25, 0.3) is 0 Å². The van der Waals surface area contributed by atoms with E-state index in [0.717, 1.165) is 32.5 Å². The standard InChI is InChI=1S/C19H21ClFNO2.ClH/c20-16-7-6-15(17(22)12-13-8-10-23-11-9-13)18(21)19(16)24-14-4-2-1-3-5-14;/h1-7,13,17H,8-12,22H2;1H/t17-;/m0./s1. The zero-order valence-corrected chi connectivity index (χ0v) is 15.4. The van der Waals surface area contributed by atoms with Gasteiger partial charge in [0.15, 0.2) is 11.6 Å². The minimum Gasteiger partial charge on any atom is -0.453 e. The quantitative estimate of drug-likeness (QED) is 0.737. The molecule has 3 rings (SSSR count). The summed E-state index contributed by atoms with van der Waals surface area (Å²) in [6.07, 6.45) is 2.67. The molecule has 0 unspecified atom stereocenters. The van der Waals surface area contributed by atoms with Gasteiger partial charge in [0.1, 0.15) is 5.75 Å². The summed E-state index contributed by atoms with van der Waals surface area (Å²) in [5.41, 5.74) is 6.70. The second-order valence-corrected chi connectivity index (χ2v) is 6.50. The molecule has 25 heavy (non-hydrogen) atoms. The lowest BCUT2D eigenvalue weighted by molar-refractivity contribution is 0.0617. The molecule has 0 aromatic heterocycles. The van der Waals surface area contributed by atoms with E-state index in [2.05, 4.69) is 0 Å². The van der Waals surface area contributed by atoms with Crippen LogP contribution in [-0.2, 0) is 4.74 Å². The van der Waals surface area contributed by atoms with E-state index in [9.17, 15) is 4.39 Å². The van der Waals surface area contributed by atoms with Gasteiger partial charge in [0, 0.05) is 24.8 Å². The summed E-state index contributed by atoms with van der Waals surface area (Å²) in [5, 5.41) is 0.235. The Morgan fingerprint density at radius 3 is 2.52 bits per heavy atom. The normalized spacial score (nSPS) is 16.1. The Labute approximate surface area is 158 Å². The second-order valence-electron chi connectivity index (χ2n) is 6.09. The predicted molar refractivity (Wildman–Crippen MR) is 100 cm³/mol. The Kier molecular flexibility index (Phi) is 7.51. The fourth-order valence-electron chi connectivity index (χ4n) is 3.00. The van der Waals surface area contributed by atoms with E-state index in [1.165, 1.54) is 0 Å². The number of benzene rings is 2. The molecule has 2 aromatic carbocycles. The van der Waals surface area contributed by atoms with Crippen LogP contribution in [0.2, 0.25) is 5.02 Å². The first-order valence-electron chi connectivity index (χ1n) is 8.19. The lowest BCUT2D eigenvalue weighted by Crippen LogP contribution is -2.22. The lowest BCUT2D eigenvalue weighted by atomic mass is 9.89. The number of nitrogens with two attached hydrogens (primary N) is 1. The molecule has 1 aliphatic heterocycles. The van der Waals surface area contributed by atoms with Crippen LogP contribution >= 0.6 is 24.0 Å². The lowest BCUT2D eigenvalue weighted by Gasteiger charge is -2.25. The highest BCUT2D eigenvalue weighted by Crippen LogP contribution is 2.37. The Morgan fingerprint density at radius 1 is 1.16 bits per heavy atom. The Balaban J connectivity index is 0.00000225. The summed E-state index contributed by atoms with van der Waals surface area (Å²) < 4.78 is 25.9. The fourth-order valence-corrected chi connectivity index (χ4v) is 3.19. The zero-order valence-electron chi connectivity index (χ0n) is 13.8. The van der Waals surface area contributed by atoms with Gasteiger partial charge in [-0.15, -0.1) is 12.4 Å². The first-order valence-corrected chi connectivity index (χ1v) is 8.57. The Bertz CT molecular complexity index is 679. The summed E-state index contributed by atoms with van der Waals surface area (Å²) in [7, 11) is 0. The number of halogens is 3. The molecule has 2 aromatic rings. The van der Waals surface area contributed by atoms with Gasteiger partial charge in [-0.2, -0.15) is 0 Å². The molecule has 1 heterocycles. The van der Waals surface area contributed by atoms with Gasteiger partial charge in [0.2, 0.25) is 0 Å². The van der Waals surface area contributed by atoms with E-state index in [-0.39, 0.29) is 29.2 Å². The van der Waals surface area contributed by atoms with Crippen LogP contribution in [0, 0.1) is 11.7 Å². The summed E-state index contributed by atoms with van der Waals surface area (Å²) in [5.74, 6) is 0.546. The number of rotatable bonds is 5. The van der Waals surface area contributed by atoms with Gasteiger partial charge in [-0.25, -0.2) is 4.39 Å². The molecule has 0 aliphatic carbocycles. The molecule has 0 spiro atoms. The monoisotopic (exact) mass is 385 g/mol. The van der Waals surface area contributed by atoms with Crippen molar-refractivity contribution in [3.8, 4) is 11.5 Å². The largest absolute Gasteiger partial charge is 0.453 e. The van der Waals surface area contributed by atoms with Gasteiger partial charge < -0.3 is 15.2 Å². The maximum absolute atomic E-state index is 14.9. The zero-order chi connectivity index (χ0) is 16.9. The third-order valence-electron chi connectivity index (χ3n) is 4.37. The third-order valence-corrected chi connectivity index (χ3v) is 4.67. The van der Waals surface area contributed by atoms with Gasteiger partial charge >= 0.3 is 0 Å². The minimum atomic E-state index is -0.481. The van der Waals surface area contributed by atoms with E-state index in [0.29, 0.717) is 17.2 Å². The molecule has 3 nitrogen and oxygen atoms in total. The molecule has 6 heteroatoms. The van der Waals surface area contributed by atoms with Crippen molar-refractivity contribution in [3.05, 3.63) is 58.9 Å². The van der Waals surface area contributed by atoms with Crippen molar-refractivity contribution < 1.29 is 13.9 Å². The molecular weight excluding hydrogens is 364 g/mol. The number of hydrogen-bond acceptors (Lipinski definition) is 3. The van der Waals surface area contributed by atoms with Gasteiger partial charge in [-0.3, -0.25) is 0 Å². The maximum atomic E-state index is 14.9. The molecule has 0 radical (unpaired) electrons. The van der Waals surface area contributed by atoms with Crippen molar-refractivity contribution in [2.24, 2.45) is 11.7 Å². The molecular formula is C19H22Cl2FNO2. The van der Waals surface area contributed by atoms with Crippen molar-refractivity contribution in [2.75, 3.05) is 13.2 Å². The van der Waals surface area contributed by atoms with Crippen molar-refractivity contribution >= 4 is 24.0 Å². The number of para-hydroxylation sites is 1. The van der Waals surface area contributed by atoms with E-state index < -0.39 is 5.82 Å². The average molecular weight is 386 g/mol. The highest BCUT2D eigenvalue weighted by atomic mass is 35.5. The van der Waals surface area contributed by atoms with Crippen LogP contribution in [0.1, 0.15) is 30.9 Å². The van der Waals surface area contributed by atoms with Crippen molar-refractivity contribution in [1.82, 2.24) is 0 Å². The van der Waals surface area contributed by atoms with E-state index in [1.807, 2.05) is 18.2 Å². The average Bonchev–Trinajstić information content (AvgIpc) is 2.60. The molecule has 1 atom stereocenters. The summed E-state index contributed by atoms with van der Waals surface area (Å²) in [6.45, 7) is 1.51. The second kappa shape index (κ2) is 9.39. The fraction of sp³-hybridized carbons (Fsp3) is 0.368. The van der Waals surface area contributed by atoms with Gasteiger partial charge in [-0.1, -0.05) is 35.9 Å². The SMILES string of the molecule is Cl.N[C@@H](CC1CCOCC1)c1ccc(Cl)c(Oc2ccccc2)c1F. The summed E-state index contributed by atoms with van der Waals surface area (Å²) >= 11 is 6.13. The van der Waals surface area contributed by atoms with Crippen molar-refractivity contribution in [1.29, 1.82) is 0 Å². The Morgan fingerprint density at radius 2 is 1.84 bits per heavy atom. The van der Waals surface area contributed by atoms with Crippen LogP contribution in [0.25, 0.3) is 0 Å². The minimum absolute atomic E-state index is 0. The third kappa shape index (κ3) is 5.08. The summed E-state index contributed by atoms with van der Waals surface area (Å²) in [6, 6.07) is 11.9. The highest BCUT2D eigenvalue weighted by Gasteiger charge is 2.23. The highest BCUT2D eigenvalue weighted by molar-refractivity contribution is 6.32. The number of hydrogen-bond donors (Lipinski definition) is 1. The smallest absolute Gasteiger partial charge is 0.181 e. The molecule has 1 saturated heterocycles. The molecule has 136 valence electrons. The molecule has 2 N–H and O–H groups in total. The van der Waals surface area contributed by atoms with Crippen LogP contribution in [-0.4, -0.2) is 13.2 Å². The van der Waals surface area contributed by atoms with Gasteiger partial charge in [-0.05, 0) is 43.4 Å². The first kappa shape index (κ1) is 20.0. The molecule has 1 aliphatic rings. The molecule has 0 bridgehead atoms. The Hall–Kier alpha value is -1.33. The number of ether oxygens (including phenoxy) is 2. The molecule has 1 fully saturated rings. The van der Waals surface area contributed by atoms with Crippen LogP contribution in [0.15, 0.2) is 42.5 Å². The molecule has 0 saturated carbocycles. The molecule has 0 amide bonds. The van der Waals surface area contributed by atoms with Crippen LogP contribution in [0.3, 0.4) is 0 Å². The van der Waals surface area contributed by atoms with Crippen LogP contribution in [0.4, 0.5) is 4.39 Å². The van der Waals surface area contributed by atoms with Crippen LogP contribution < -0.4 is 10.5 Å². The van der Waals surface area contributed by atoms with Crippen molar-refractivity contribution in [2.45, 2.75) is 25.3 Å². The van der Waals surface area contributed by atoms with E-state index in [1.54, 1.807) is 24.3 Å². The summed E-state index contributed by atoms with van der Waals surface area (Å²) in [4.78, 5) is 0. The van der Waals surface area contributed by atoms with E-state index >= 15 is 0 Å². The predicted octanol–water partition coefficient (Wildman–Crippen LogP) is 5.51. The first-order chi connectivity index (χ1) is 11.6. The topological polar surface area (TPSA) is 44.5 Å². The van der Waals surface area contributed by atoms with Crippen LogP contribution in [0.5, 0.6) is 11.5 Å². The van der Waals surface area contributed by atoms with Gasteiger partial charge in [0.05, 0.1) is 5.02 Å². The maximum Gasteiger partial charge on any atom is 0.181 e. The van der Waals surface area contributed by atoms with Crippen molar-refractivity contribution in [3.63, 3.8) is 0 Å².